The molecule has 32 heavy (non-hydrogen) atoms. The lowest BCUT2D eigenvalue weighted by Gasteiger charge is -2.36. The molecule has 4 rings (SSSR count). The van der Waals surface area contributed by atoms with Gasteiger partial charge in [-0.2, -0.15) is 5.10 Å². The van der Waals surface area contributed by atoms with Crippen LogP contribution in [-0.4, -0.2) is 46.8 Å². The molecular formula is C22H22F3N5O2. The third-order valence-corrected chi connectivity index (χ3v) is 4.84. The minimum atomic E-state index is -4.72. The Kier molecular flexibility index (Phi) is 6.13. The number of nitrogens with one attached hydrogen (secondary N) is 1. The van der Waals surface area contributed by atoms with E-state index in [1.54, 1.807) is 18.5 Å². The first-order valence-electron chi connectivity index (χ1n) is 10.1. The monoisotopic (exact) mass is 445 g/mol. The van der Waals surface area contributed by atoms with Crippen LogP contribution in [0.3, 0.4) is 0 Å². The molecule has 0 bridgehead atoms. The summed E-state index contributed by atoms with van der Waals surface area (Å²) in [6, 6.07) is 11.1. The molecule has 3 heterocycles. The topological polar surface area (TPSA) is 72.4 Å². The van der Waals surface area contributed by atoms with Gasteiger partial charge in [0, 0.05) is 36.6 Å². The zero-order valence-electron chi connectivity index (χ0n) is 17.5. The highest BCUT2D eigenvalue weighted by molar-refractivity contribution is 5.68. The molecule has 1 aliphatic heterocycles. The van der Waals surface area contributed by atoms with Gasteiger partial charge in [-0.3, -0.25) is 0 Å². The third kappa shape index (κ3) is 5.64. The van der Waals surface area contributed by atoms with E-state index in [9.17, 15) is 13.2 Å². The van der Waals surface area contributed by atoms with E-state index in [0.29, 0.717) is 16.9 Å². The van der Waals surface area contributed by atoms with E-state index in [1.807, 2.05) is 26.0 Å². The van der Waals surface area contributed by atoms with Gasteiger partial charge in [-0.1, -0.05) is 12.1 Å². The van der Waals surface area contributed by atoms with Crippen LogP contribution in [0.2, 0.25) is 0 Å². The van der Waals surface area contributed by atoms with Crippen molar-refractivity contribution in [2.75, 3.05) is 23.3 Å². The average Bonchev–Trinajstić information content (AvgIpc) is 2.73. The van der Waals surface area contributed by atoms with Crippen LogP contribution in [0.5, 0.6) is 5.75 Å². The number of anilines is 3. The summed E-state index contributed by atoms with van der Waals surface area (Å²) in [4.78, 5) is 6.65. The van der Waals surface area contributed by atoms with Crippen LogP contribution in [0.1, 0.15) is 13.8 Å². The maximum atomic E-state index is 12.3. The minimum Gasteiger partial charge on any atom is -0.406 e. The lowest BCUT2D eigenvalue weighted by molar-refractivity contribution is -0.274. The SMILES string of the molecule is C[C@@H]1CN(c2cc(Nc3cc(-c4ccc(OC(F)(F)F)cc4)cnn3)ccn2)C[C@H](C)O1. The average molecular weight is 445 g/mol. The van der Waals surface area contributed by atoms with E-state index < -0.39 is 6.36 Å². The van der Waals surface area contributed by atoms with Gasteiger partial charge < -0.3 is 19.7 Å². The van der Waals surface area contributed by atoms with Crippen LogP contribution in [0.25, 0.3) is 11.1 Å². The van der Waals surface area contributed by atoms with E-state index in [0.717, 1.165) is 24.6 Å². The van der Waals surface area contributed by atoms with E-state index in [2.05, 4.69) is 30.1 Å². The Balaban J connectivity index is 1.49. The molecule has 1 aromatic carbocycles. The fourth-order valence-corrected chi connectivity index (χ4v) is 3.62. The van der Waals surface area contributed by atoms with Crippen LogP contribution in [0, 0.1) is 0 Å². The van der Waals surface area contributed by atoms with Gasteiger partial charge in [0.25, 0.3) is 0 Å². The lowest BCUT2D eigenvalue weighted by Crippen LogP contribution is -2.45. The summed E-state index contributed by atoms with van der Waals surface area (Å²) in [5.41, 5.74) is 2.18. The van der Waals surface area contributed by atoms with E-state index >= 15 is 0 Å². The molecule has 7 nitrogen and oxygen atoms in total. The summed E-state index contributed by atoms with van der Waals surface area (Å²) in [5, 5.41) is 11.3. The number of alkyl halides is 3. The van der Waals surface area contributed by atoms with E-state index in [4.69, 9.17) is 4.74 Å². The second kappa shape index (κ2) is 8.99. The zero-order chi connectivity index (χ0) is 22.7. The normalized spacial score (nSPS) is 19.0. The van der Waals surface area contributed by atoms with Crippen molar-refractivity contribution in [1.29, 1.82) is 0 Å². The maximum absolute atomic E-state index is 12.3. The molecule has 1 aliphatic rings. The molecule has 1 N–H and O–H groups in total. The van der Waals surface area contributed by atoms with Crippen molar-refractivity contribution < 1.29 is 22.6 Å². The number of aromatic nitrogens is 3. The first kappa shape index (κ1) is 21.8. The molecule has 0 aliphatic carbocycles. The van der Waals surface area contributed by atoms with Gasteiger partial charge in [0.15, 0.2) is 5.82 Å². The first-order valence-corrected chi connectivity index (χ1v) is 10.1. The molecule has 0 amide bonds. The summed E-state index contributed by atoms with van der Waals surface area (Å²) in [6.45, 7) is 5.58. The second-order valence-corrected chi connectivity index (χ2v) is 7.59. The largest absolute Gasteiger partial charge is 0.573 e. The number of nitrogens with zero attached hydrogens (tertiary/aromatic N) is 4. The minimum absolute atomic E-state index is 0.118. The molecule has 1 fully saturated rings. The summed E-state index contributed by atoms with van der Waals surface area (Å²) in [5.74, 6) is 1.05. The van der Waals surface area contributed by atoms with Gasteiger partial charge >= 0.3 is 6.36 Å². The Morgan fingerprint density at radius 3 is 2.44 bits per heavy atom. The highest BCUT2D eigenvalue weighted by Crippen LogP contribution is 2.28. The number of ether oxygens (including phenoxy) is 2. The second-order valence-electron chi connectivity index (χ2n) is 7.59. The number of halogens is 3. The Hall–Kier alpha value is -3.40. The fourth-order valence-electron chi connectivity index (χ4n) is 3.62. The van der Waals surface area contributed by atoms with Crippen molar-refractivity contribution in [3.63, 3.8) is 0 Å². The van der Waals surface area contributed by atoms with E-state index in [-0.39, 0.29) is 18.0 Å². The Labute approximate surface area is 183 Å². The van der Waals surface area contributed by atoms with Crippen molar-refractivity contribution in [3.8, 4) is 16.9 Å². The lowest BCUT2D eigenvalue weighted by atomic mass is 10.1. The molecule has 2 aromatic heterocycles. The fraction of sp³-hybridized carbons (Fsp3) is 0.318. The van der Waals surface area contributed by atoms with Crippen molar-refractivity contribution >= 4 is 17.3 Å². The molecular weight excluding hydrogens is 423 g/mol. The van der Waals surface area contributed by atoms with Crippen LogP contribution in [-0.2, 0) is 4.74 Å². The summed E-state index contributed by atoms with van der Waals surface area (Å²) in [6.07, 6.45) is -1.23. The molecule has 0 radical (unpaired) electrons. The molecule has 1 saturated heterocycles. The summed E-state index contributed by atoms with van der Waals surface area (Å²) in [7, 11) is 0. The standard InChI is InChI=1S/C22H22F3N5O2/c1-14-12-30(13-15(2)31-14)21-10-18(7-8-26-21)28-20-9-17(11-27-29-20)16-3-5-19(6-4-16)32-22(23,24)25/h3-11,14-15H,12-13H2,1-2H3,(H,26,28,29)/t14-,15+. The third-order valence-electron chi connectivity index (χ3n) is 4.84. The van der Waals surface area contributed by atoms with Gasteiger partial charge in [-0.15, -0.1) is 18.3 Å². The van der Waals surface area contributed by atoms with Crippen LogP contribution >= 0.6 is 0 Å². The molecule has 2 atom stereocenters. The van der Waals surface area contributed by atoms with Crippen molar-refractivity contribution in [1.82, 2.24) is 15.2 Å². The molecule has 168 valence electrons. The molecule has 0 unspecified atom stereocenters. The van der Waals surface area contributed by atoms with Gasteiger partial charge in [0.1, 0.15) is 11.6 Å². The number of hydrogen-bond acceptors (Lipinski definition) is 7. The number of pyridine rings is 1. The molecule has 0 saturated carbocycles. The van der Waals surface area contributed by atoms with Gasteiger partial charge in [-0.05, 0) is 43.7 Å². The number of morpholine rings is 1. The highest BCUT2D eigenvalue weighted by Gasteiger charge is 2.31. The summed E-state index contributed by atoms with van der Waals surface area (Å²) < 4.78 is 46.7. The summed E-state index contributed by atoms with van der Waals surface area (Å²) >= 11 is 0. The van der Waals surface area contributed by atoms with Crippen LogP contribution in [0.15, 0.2) is 54.9 Å². The Morgan fingerprint density at radius 2 is 1.75 bits per heavy atom. The number of hydrogen-bond donors (Lipinski definition) is 1. The maximum Gasteiger partial charge on any atom is 0.573 e. The molecule has 10 heteroatoms. The first-order chi connectivity index (χ1) is 15.2. The Morgan fingerprint density at radius 1 is 1.03 bits per heavy atom. The van der Waals surface area contributed by atoms with Gasteiger partial charge in [0.2, 0.25) is 0 Å². The predicted molar refractivity (Wildman–Crippen MR) is 114 cm³/mol. The quantitative estimate of drug-likeness (QED) is 0.605. The van der Waals surface area contributed by atoms with Crippen LogP contribution < -0.4 is 15.0 Å². The highest BCUT2D eigenvalue weighted by atomic mass is 19.4. The predicted octanol–water partition coefficient (Wildman–Crippen LogP) is 4.79. The Bertz CT molecular complexity index is 1050. The van der Waals surface area contributed by atoms with E-state index in [1.165, 1.54) is 24.3 Å². The zero-order valence-corrected chi connectivity index (χ0v) is 17.5. The van der Waals surface area contributed by atoms with Crippen LogP contribution in [0.4, 0.5) is 30.5 Å². The number of benzene rings is 1. The number of rotatable bonds is 5. The van der Waals surface area contributed by atoms with Gasteiger partial charge in [-0.25, -0.2) is 4.98 Å². The molecule has 0 spiro atoms. The molecule has 3 aromatic rings. The van der Waals surface area contributed by atoms with Crippen molar-refractivity contribution in [2.45, 2.75) is 32.4 Å². The van der Waals surface area contributed by atoms with Crippen molar-refractivity contribution in [2.24, 2.45) is 0 Å². The van der Waals surface area contributed by atoms with Gasteiger partial charge in [0.05, 0.1) is 18.4 Å². The smallest absolute Gasteiger partial charge is 0.406 e. The van der Waals surface area contributed by atoms with Crippen molar-refractivity contribution in [3.05, 3.63) is 54.9 Å².